The van der Waals surface area contributed by atoms with E-state index < -0.39 is 10.2 Å². The lowest BCUT2D eigenvalue weighted by Crippen LogP contribution is -2.57. The first-order valence-corrected chi connectivity index (χ1v) is 9.78. The summed E-state index contributed by atoms with van der Waals surface area (Å²) in [7, 11) is -1.32. The molecule has 0 aliphatic carbocycles. The molecule has 134 valence electrons. The van der Waals surface area contributed by atoms with Gasteiger partial charge in [-0.25, -0.2) is 0 Å². The fraction of sp³-hybridized carbons (Fsp3) is 0.867. The lowest BCUT2D eigenvalue weighted by Gasteiger charge is -2.39. The lowest BCUT2D eigenvalue weighted by molar-refractivity contribution is 0.0853. The predicted octanol–water partition coefficient (Wildman–Crippen LogP) is -0.577. The number of allylic oxidation sites excluding steroid dienone is 1. The van der Waals surface area contributed by atoms with Crippen molar-refractivity contribution in [2.45, 2.75) is 18.9 Å². The number of β-amino-alcohol motifs (C(OH)–C–C–N with tert-alkyl or cyclic N) is 1. The van der Waals surface area contributed by atoms with E-state index in [1.165, 1.54) is 0 Å². The molecule has 2 aliphatic rings. The normalized spacial score (nSPS) is 24.6. The Labute approximate surface area is 140 Å². The van der Waals surface area contributed by atoms with Crippen molar-refractivity contribution < 1.29 is 13.5 Å². The molecule has 2 fully saturated rings. The zero-order chi connectivity index (χ0) is 16.9. The first kappa shape index (κ1) is 18.8. The summed E-state index contributed by atoms with van der Waals surface area (Å²) in [6.07, 6.45) is 2.96. The van der Waals surface area contributed by atoms with Crippen LogP contribution in [0.3, 0.4) is 0 Å². The van der Waals surface area contributed by atoms with E-state index in [0.29, 0.717) is 52.2 Å². The van der Waals surface area contributed by atoms with Crippen LogP contribution in [0.1, 0.15) is 12.8 Å². The van der Waals surface area contributed by atoms with Crippen LogP contribution in [0.4, 0.5) is 0 Å². The summed E-state index contributed by atoms with van der Waals surface area (Å²) < 4.78 is 28.5. The van der Waals surface area contributed by atoms with Gasteiger partial charge in [0.05, 0.1) is 6.10 Å². The van der Waals surface area contributed by atoms with Crippen molar-refractivity contribution in [2.24, 2.45) is 0 Å². The predicted molar refractivity (Wildman–Crippen MR) is 91.4 cm³/mol. The molecule has 23 heavy (non-hydrogen) atoms. The molecule has 1 atom stereocenters. The minimum atomic E-state index is -3.34. The molecule has 0 spiro atoms. The molecule has 0 radical (unpaired) electrons. The smallest absolute Gasteiger partial charge is 0.282 e. The van der Waals surface area contributed by atoms with E-state index in [4.69, 9.17) is 0 Å². The first-order chi connectivity index (χ1) is 10.9. The highest BCUT2D eigenvalue weighted by molar-refractivity contribution is 7.86. The SMILES string of the molecule is C=CCC[C@H](O)CN1CCN(S(=O)(=O)N2CCN(C)CC2)CC1. The number of rotatable bonds is 7. The number of aliphatic hydroxyl groups excluding tert-OH is 1. The fourth-order valence-corrected chi connectivity index (χ4v) is 4.60. The largest absolute Gasteiger partial charge is 0.392 e. The fourth-order valence-electron chi connectivity index (χ4n) is 3.02. The number of hydrogen-bond acceptors (Lipinski definition) is 5. The second-order valence-corrected chi connectivity index (χ2v) is 8.36. The van der Waals surface area contributed by atoms with Crippen molar-refractivity contribution in [3.05, 3.63) is 12.7 Å². The number of aliphatic hydroxyl groups is 1. The molecule has 2 aliphatic heterocycles. The average molecular weight is 346 g/mol. The maximum atomic E-state index is 12.7. The highest BCUT2D eigenvalue weighted by Crippen LogP contribution is 2.15. The molecule has 0 aromatic carbocycles. The van der Waals surface area contributed by atoms with Crippen LogP contribution in [0.5, 0.6) is 0 Å². The molecular weight excluding hydrogens is 316 g/mol. The van der Waals surface area contributed by atoms with E-state index >= 15 is 0 Å². The summed E-state index contributed by atoms with van der Waals surface area (Å²) in [5, 5.41) is 9.95. The summed E-state index contributed by atoms with van der Waals surface area (Å²) >= 11 is 0. The van der Waals surface area contributed by atoms with Gasteiger partial charge in [0.1, 0.15) is 0 Å². The second-order valence-electron chi connectivity index (χ2n) is 6.43. The van der Waals surface area contributed by atoms with Gasteiger partial charge < -0.3 is 10.0 Å². The molecule has 0 aromatic rings. The number of nitrogens with zero attached hydrogens (tertiary/aromatic N) is 4. The average Bonchev–Trinajstić information content (AvgIpc) is 2.54. The maximum absolute atomic E-state index is 12.7. The van der Waals surface area contributed by atoms with Crippen LogP contribution in [0.15, 0.2) is 12.7 Å². The highest BCUT2D eigenvalue weighted by atomic mass is 32.2. The molecule has 0 saturated carbocycles. The van der Waals surface area contributed by atoms with Gasteiger partial charge >= 0.3 is 0 Å². The Bertz CT molecular complexity index is 469. The third-order valence-corrected chi connectivity index (χ3v) is 6.65. The summed E-state index contributed by atoms with van der Waals surface area (Å²) in [5.74, 6) is 0. The zero-order valence-electron chi connectivity index (χ0n) is 14.1. The van der Waals surface area contributed by atoms with E-state index in [0.717, 1.165) is 19.5 Å². The van der Waals surface area contributed by atoms with Crippen LogP contribution >= 0.6 is 0 Å². The molecule has 0 unspecified atom stereocenters. The van der Waals surface area contributed by atoms with E-state index in [2.05, 4.69) is 16.4 Å². The van der Waals surface area contributed by atoms with Crippen LogP contribution in [0.25, 0.3) is 0 Å². The number of likely N-dealkylation sites (N-methyl/N-ethyl adjacent to an activating group) is 1. The van der Waals surface area contributed by atoms with Gasteiger partial charge in [-0.05, 0) is 19.9 Å². The Morgan fingerprint density at radius 1 is 1.04 bits per heavy atom. The molecule has 2 saturated heterocycles. The van der Waals surface area contributed by atoms with Crippen LogP contribution in [-0.2, 0) is 10.2 Å². The summed E-state index contributed by atoms with van der Waals surface area (Å²) in [6.45, 7) is 9.34. The zero-order valence-corrected chi connectivity index (χ0v) is 14.9. The van der Waals surface area contributed by atoms with Crippen LogP contribution in [-0.4, -0.2) is 104 Å². The number of piperazine rings is 2. The lowest BCUT2D eigenvalue weighted by atomic mass is 10.2. The minimum Gasteiger partial charge on any atom is -0.392 e. The third kappa shape index (κ3) is 5.23. The van der Waals surface area contributed by atoms with Crippen molar-refractivity contribution in [3.8, 4) is 0 Å². The Balaban J connectivity index is 1.80. The molecule has 1 N–H and O–H groups in total. The summed E-state index contributed by atoms with van der Waals surface area (Å²) in [4.78, 5) is 4.29. The molecule has 0 amide bonds. The van der Waals surface area contributed by atoms with E-state index in [1.807, 2.05) is 13.1 Å². The van der Waals surface area contributed by atoms with Crippen LogP contribution < -0.4 is 0 Å². The molecule has 8 heteroatoms. The molecule has 0 aromatic heterocycles. The van der Waals surface area contributed by atoms with E-state index in [9.17, 15) is 13.5 Å². The number of hydrogen-bond donors (Lipinski definition) is 1. The van der Waals surface area contributed by atoms with Crippen LogP contribution in [0.2, 0.25) is 0 Å². The standard InChI is InChI=1S/C15H30N4O3S/c1-3-4-5-15(20)14-17-8-12-19(13-9-17)23(21,22)18-10-6-16(2)7-11-18/h3,15,20H,1,4-14H2,2H3/t15-/m0/s1. The topological polar surface area (TPSA) is 67.3 Å². The van der Waals surface area contributed by atoms with Gasteiger partial charge in [-0.3, -0.25) is 4.90 Å². The van der Waals surface area contributed by atoms with Crippen molar-refractivity contribution >= 4 is 10.2 Å². The second kappa shape index (κ2) is 8.55. The van der Waals surface area contributed by atoms with Gasteiger partial charge in [0.25, 0.3) is 10.2 Å². The molecule has 2 rings (SSSR count). The monoisotopic (exact) mass is 346 g/mol. The Kier molecular flexibility index (Phi) is 7.00. The van der Waals surface area contributed by atoms with Crippen LogP contribution in [0, 0.1) is 0 Å². The summed E-state index contributed by atoms with van der Waals surface area (Å²) in [6, 6.07) is 0. The molecular formula is C15H30N4O3S. The van der Waals surface area contributed by atoms with Crippen molar-refractivity contribution in [3.63, 3.8) is 0 Å². The molecule has 0 bridgehead atoms. The Hall–Kier alpha value is -0.510. The van der Waals surface area contributed by atoms with Gasteiger partial charge in [-0.1, -0.05) is 6.08 Å². The summed E-state index contributed by atoms with van der Waals surface area (Å²) in [5.41, 5.74) is 0. The van der Waals surface area contributed by atoms with E-state index in [1.54, 1.807) is 8.61 Å². The van der Waals surface area contributed by atoms with E-state index in [-0.39, 0.29) is 6.10 Å². The first-order valence-electron chi connectivity index (χ1n) is 8.38. The minimum absolute atomic E-state index is 0.367. The Morgan fingerprint density at radius 3 is 2.09 bits per heavy atom. The van der Waals surface area contributed by atoms with Gasteiger partial charge in [-0.2, -0.15) is 17.0 Å². The maximum Gasteiger partial charge on any atom is 0.282 e. The van der Waals surface area contributed by atoms with Gasteiger partial charge in [0.15, 0.2) is 0 Å². The van der Waals surface area contributed by atoms with Crippen molar-refractivity contribution in [2.75, 3.05) is 66.0 Å². The van der Waals surface area contributed by atoms with Gasteiger partial charge in [-0.15, -0.1) is 6.58 Å². The van der Waals surface area contributed by atoms with Crippen molar-refractivity contribution in [1.82, 2.24) is 18.4 Å². The van der Waals surface area contributed by atoms with Crippen molar-refractivity contribution in [1.29, 1.82) is 0 Å². The van der Waals surface area contributed by atoms with Gasteiger partial charge in [0.2, 0.25) is 0 Å². The van der Waals surface area contributed by atoms with Gasteiger partial charge in [0, 0.05) is 58.9 Å². The molecule has 7 nitrogen and oxygen atoms in total. The highest BCUT2D eigenvalue weighted by Gasteiger charge is 2.33. The third-order valence-electron chi connectivity index (χ3n) is 4.62. The Morgan fingerprint density at radius 2 is 1.57 bits per heavy atom. The quantitative estimate of drug-likeness (QED) is 0.625. The molecule has 2 heterocycles.